The van der Waals surface area contributed by atoms with Crippen LogP contribution in [-0.4, -0.2) is 65.4 Å². The van der Waals surface area contributed by atoms with Gasteiger partial charge in [0.25, 0.3) is 0 Å². The lowest BCUT2D eigenvalue weighted by Gasteiger charge is -2.44. The van der Waals surface area contributed by atoms with Crippen molar-refractivity contribution in [1.82, 2.24) is 0 Å². The number of rotatable bonds is 7. The quantitative estimate of drug-likeness (QED) is 0.316. The first-order valence-corrected chi connectivity index (χ1v) is 11.6. The minimum atomic E-state index is -1.41. The summed E-state index contributed by atoms with van der Waals surface area (Å²) in [4.78, 5) is 59.5. The summed E-state index contributed by atoms with van der Waals surface area (Å²) in [5, 5.41) is 11.0. The molecule has 2 heterocycles. The molecular weight excluding hydrogens is 500 g/mol. The molecule has 194 valence electrons. The maximum absolute atomic E-state index is 12.7. The van der Waals surface area contributed by atoms with Crippen molar-refractivity contribution in [2.45, 2.75) is 62.4 Å². The van der Waals surface area contributed by atoms with Crippen LogP contribution < -0.4 is 5.63 Å². The van der Waals surface area contributed by atoms with E-state index in [0.717, 1.165) is 27.7 Å². The van der Waals surface area contributed by atoms with Crippen LogP contribution in [0, 0.1) is 0 Å². The van der Waals surface area contributed by atoms with Gasteiger partial charge in [-0.15, -0.1) is 0 Å². The third kappa shape index (κ3) is 6.34. The maximum atomic E-state index is 12.7. The lowest BCUT2D eigenvalue weighted by molar-refractivity contribution is -0.237. The van der Waals surface area contributed by atoms with Gasteiger partial charge in [0.1, 0.15) is 34.4 Å². The normalized spacial score (nSPS) is 23.5. The molecule has 1 aliphatic heterocycles. The number of fused-ring (bicyclic) bond motifs is 1. The SMILES string of the molecule is CC(=O)OC[C@H]1O[C@@H](Sc2c(O)c3ccccc3oc2=O)[C@H](OC(C)=O)[C@H](OC(C)=O)[C@@H]1OC(C)=O. The van der Waals surface area contributed by atoms with Gasteiger partial charge < -0.3 is 33.2 Å². The zero-order valence-corrected chi connectivity index (χ0v) is 20.6. The lowest BCUT2D eigenvalue weighted by Crippen LogP contribution is -2.61. The van der Waals surface area contributed by atoms with Crippen molar-refractivity contribution in [1.29, 1.82) is 0 Å². The van der Waals surface area contributed by atoms with E-state index in [1.807, 2.05) is 0 Å². The highest BCUT2D eigenvalue weighted by molar-refractivity contribution is 8.00. The van der Waals surface area contributed by atoms with Gasteiger partial charge in [-0.25, -0.2) is 4.79 Å². The van der Waals surface area contributed by atoms with E-state index in [-0.39, 0.29) is 15.9 Å². The van der Waals surface area contributed by atoms with Gasteiger partial charge in [-0.2, -0.15) is 0 Å². The molecule has 12 nitrogen and oxygen atoms in total. The third-order valence-electron chi connectivity index (χ3n) is 4.93. The molecule has 5 atom stereocenters. The second-order valence-electron chi connectivity index (χ2n) is 7.75. The third-order valence-corrected chi connectivity index (χ3v) is 6.13. The largest absolute Gasteiger partial charge is 0.506 e. The monoisotopic (exact) mass is 524 g/mol. The fourth-order valence-electron chi connectivity index (χ4n) is 3.62. The van der Waals surface area contributed by atoms with Crippen molar-refractivity contribution in [3.05, 3.63) is 34.7 Å². The molecule has 0 saturated carbocycles. The van der Waals surface area contributed by atoms with Crippen molar-refractivity contribution < 1.29 is 52.4 Å². The summed E-state index contributed by atoms with van der Waals surface area (Å²) in [5.41, 5.74) is -2.05. The van der Waals surface area contributed by atoms with Gasteiger partial charge in [0.05, 0.1) is 5.39 Å². The second kappa shape index (κ2) is 11.4. The number of hydrogen-bond donors (Lipinski definition) is 1. The van der Waals surface area contributed by atoms with E-state index in [0.29, 0.717) is 11.8 Å². The highest BCUT2D eigenvalue weighted by Gasteiger charge is 2.52. The molecular formula is C23H24O12S. The average molecular weight is 525 g/mol. The second-order valence-corrected chi connectivity index (χ2v) is 8.86. The van der Waals surface area contributed by atoms with Gasteiger partial charge in [-0.05, 0) is 12.1 Å². The van der Waals surface area contributed by atoms with E-state index in [1.54, 1.807) is 12.1 Å². The number of thioether (sulfide) groups is 1. The minimum absolute atomic E-state index is 0.144. The maximum Gasteiger partial charge on any atom is 0.353 e. The Morgan fingerprint density at radius 1 is 0.889 bits per heavy atom. The number of carbonyl (C=O) groups is 4. The summed E-state index contributed by atoms with van der Waals surface area (Å²) in [6.07, 6.45) is -5.34. The molecule has 13 heteroatoms. The van der Waals surface area contributed by atoms with Gasteiger partial charge >= 0.3 is 29.5 Å². The molecule has 1 aromatic heterocycles. The molecule has 36 heavy (non-hydrogen) atoms. The van der Waals surface area contributed by atoms with Crippen LogP contribution in [0.2, 0.25) is 0 Å². The van der Waals surface area contributed by atoms with E-state index in [4.69, 9.17) is 28.1 Å². The van der Waals surface area contributed by atoms with Crippen LogP contribution in [0.25, 0.3) is 11.0 Å². The molecule has 0 bridgehead atoms. The van der Waals surface area contributed by atoms with E-state index in [9.17, 15) is 29.1 Å². The first kappa shape index (κ1) is 27.0. The Morgan fingerprint density at radius 2 is 1.47 bits per heavy atom. The molecule has 3 rings (SSSR count). The van der Waals surface area contributed by atoms with Gasteiger partial charge in [0, 0.05) is 27.7 Å². The van der Waals surface area contributed by atoms with Crippen molar-refractivity contribution in [2.24, 2.45) is 0 Å². The topological polar surface area (TPSA) is 165 Å². The summed E-state index contributed by atoms with van der Waals surface area (Å²) in [5.74, 6) is -3.42. The Hall–Kier alpha value is -3.58. The summed E-state index contributed by atoms with van der Waals surface area (Å²) in [6.45, 7) is 4.03. The van der Waals surface area contributed by atoms with Gasteiger partial charge in [-0.1, -0.05) is 23.9 Å². The Labute approximate surface area is 208 Å². The van der Waals surface area contributed by atoms with Crippen LogP contribution in [0.5, 0.6) is 5.75 Å². The van der Waals surface area contributed by atoms with Crippen LogP contribution in [0.15, 0.2) is 38.4 Å². The van der Waals surface area contributed by atoms with Gasteiger partial charge in [0.2, 0.25) is 0 Å². The first-order valence-electron chi connectivity index (χ1n) is 10.7. The Kier molecular flexibility index (Phi) is 8.58. The molecule has 0 radical (unpaired) electrons. The zero-order valence-electron chi connectivity index (χ0n) is 19.7. The smallest absolute Gasteiger partial charge is 0.353 e. The van der Waals surface area contributed by atoms with Crippen LogP contribution in [0.4, 0.5) is 0 Å². The van der Waals surface area contributed by atoms with Crippen molar-refractivity contribution >= 4 is 46.6 Å². The highest BCUT2D eigenvalue weighted by atomic mass is 32.2. The van der Waals surface area contributed by atoms with Crippen molar-refractivity contribution in [3.63, 3.8) is 0 Å². The molecule has 1 aromatic carbocycles. The van der Waals surface area contributed by atoms with E-state index in [1.165, 1.54) is 12.1 Å². The number of ether oxygens (including phenoxy) is 5. The molecule has 0 unspecified atom stereocenters. The fourth-order valence-corrected chi connectivity index (χ4v) is 4.75. The molecule has 1 saturated heterocycles. The molecule has 2 aromatic rings. The molecule has 1 N–H and O–H groups in total. The summed E-state index contributed by atoms with van der Waals surface area (Å²) in [7, 11) is 0. The standard InChI is InChI=1S/C23H24O12S/c1-10(24)30-9-16-18(31-11(2)25)19(32-12(3)26)20(33-13(4)27)23(35-16)36-21-17(28)14-7-5-6-8-15(14)34-22(21)29/h5-8,16,18-20,23,28H,9H2,1-4H3/t16-,18-,19-,20-,23+/m1/s1. The fraction of sp³-hybridized carbons (Fsp3) is 0.435. The summed E-state index contributed by atoms with van der Waals surface area (Å²) >= 11 is 0.645. The van der Waals surface area contributed by atoms with Crippen molar-refractivity contribution in [2.75, 3.05) is 6.61 Å². The summed E-state index contributed by atoms with van der Waals surface area (Å²) < 4.78 is 32.3. The number of benzene rings is 1. The number of para-hydroxylation sites is 1. The average Bonchev–Trinajstić information content (AvgIpc) is 2.78. The van der Waals surface area contributed by atoms with Crippen molar-refractivity contribution in [3.8, 4) is 5.75 Å². The van der Waals surface area contributed by atoms with E-state index < -0.39 is 71.7 Å². The predicted molar refractivity (Wildman–Crippen MR) is 122 cm³/mol. The zero-order chi connectivity index (χ0) is 26.6. The van der Waals surface area contributed by atoms with Crippen LogP contribution >= 0.6 is 11.8 Å². The van der Waals surface area contributed by atoms with E-state index in [2.05, 4.69) is 0 Å². The molecule has 0 amide bonds. The van der Waals surface area contributed by atoms with E-state index >= 15 is 0 Å². The Morgan fingerprint density at radius 3 is 2.08 bits per heavy atom. The number of esters is 4. The molecule has 1 fully saturated rings. The Bertz CT molecular complexity index is 1220. The number of aromatic hydroxyl groups is 1. The predicted octanol–water partition coefficient (Wildman–Crippen LogP) is 1.67. The van der Waals surface area contributed by atoms with Gasteiger partial charge in [0.15, 0.2) is 18.3 Å². The van der Waals surface area contributed by atoms with Crippen LogP contribution in [0.3, 0.4) is 0 Å². The minimum Gasteiger partial charge on any atom is -0.506 e. The molecule has 0 spiro atoms. The van der Waals surface area contributed by atoms with Crippen LogP contribution in [0.1, 0.15) is 27.7 Å². The number of hydrogen-bond acceptors (Lipinski definition) is 13. The first-order chi connectivity index (χ1) is 17.0. The Balaban J connectivity index is 2.08. The molecule has 0 aliphatic carbocycles. The van der Waals surface area contributed by atoms with Crippen LogP contribution in [-0.2, 0) is 42.9 Å². The molecule has 1 aliphatic rings. The summed E-state index contributed by atoms with van der Waals surface area (Å²) in [6, 6.07) is 6.28. The lowest BCUT2D eigenvalue weighted by atomic mass is 9.99. The number of carbonyl (C=O) groups excluding carboxylic acids is 4. The van der Waals surface area contributed by atoms with Gasteiger partial charge in [-0.3, -0.25) is 19.2 Å². The highest BCUT2D eigenvalue weighted by Crippen LogP contribution is 2.41.